The summed E-state index contributed by atoms with van der Waals surface area (Å²) in [6.45, 7) is 9.59. The van der Waals surface area contributed by atoms with Gasteiger partial charge in [-0.2, -0.15) is 4.31 Å². The number of carbonyl (C=O) groups excluding carboxylic acids is 1. The van der Waals surface area contributed by atoms with Gasteiger partial charge in [-0.15, -0.1) is 0 Å². The molecular weight excluding hydrogens is 388 g/mol. The molecule has 0 aliphatic carbocycles. The molecule has 4 rings (SSSR count). The summed E-state index contributed by atoms with van der Waals surface area (Å²) in [6, 6.07) is 5.44. The smallest absolute Gasteiger partial charge is 0.243 e. The van der Waals surface area contributed by atoms with Crippen LogP contribution in [0.4, 0.5) is 5.69 Å². The number of anilines is 1. The van der Waals surface area contributed by atoms with Gasteiger partial charge in [0.15, 0.2) is 0 Å². The lowest BCUT2D eigenvalue weighted by molar-refractivity contribution is -0.128. The maximum atomic E-state index is 13.2. The minimum atomic E-state index is -3.50. The minimum absolute atomic E-state index is 0.167. The molecule has 0 saturated carbocycles. The quantitative estimate of drug-likeness (QED) is 0.736. The highest BCUT2D eigenvalue weighted by Crippen LogP contribution is 2.41. The van der Waals surface area contributed by atoms with Crippen molar-refractivity contribution < 1.29 is 13.2 Å². The maximum absolute atomic E-state index is 13.2. The average Bonchev–Trinajstić information content (AvgIpc) is 3.29. The van der Waals surface area contributed by atoms with Crippen LogP contribution in [-0.2, 0) is 20.2 Å². The van der Waals surface area contributed by atoms with E-state index < -0.39 is 10.0 Å². The number of carbonyl (C=O) groups is 1. The van der Waals surface area contributed by atoms with Crippen LogP contribution >= 0.6 is 0 Å². The van der Waals surface area contributed by atoms with E-state index in [1.54, 1.807) is 10.4 Å². The van der Waals surface area contributed by atoms with Crippen molar-refractivity contribution in [3.63, 3.8) is 0 Å². The summed E-state index contributed by atoms with van der Waals surface area (Å²) in [7, 11) is -1.48. The minimum Gasteiger partial charge on any atom is -0.361 e. The van der Waals surface area contributed by atoms with Crippen molar-refractivity contribution in [3.8, 4) is 0 Å². The molecule has 8 heteroatoms. The zero-order chi connectivity index (χ0) is 20.8. The van der Waals surface area contributed by atoms with Gasteiger partial charge in [0.1, 0.15) is 0 Å². The first-order valence-electron chi connectivity index (χ1n) is 10.5. The molecule has 0 N–H and O–H groups in total. The predicted molar refractivity (Wildman–Crippen MR) is 114 cm³/mol. The van der Waals surface area contributed by atoms with Crippen LogP contribution in [-0.4, -0.2) is 87.8 Å². The highest BCUT2D eigenvalue weighted by molar-refractivity contribution is 7.89. The standard InChI is InChI=1S/C21H32N4O3S/c1-21(2)16-24(15-20(26)23-8-4-5-9-23)19-7-6-17(14-18(19)21)29(27,28)25-12-10-22(3)11-13-25/h6-7,14H,4-5,8-13,15-16H2,1-3H3. The molecule has 0 atom stereocenters. The predicted octanol–water partition coefficient (Wildman–Crippen LogP) is 1.34. The number of sulfonamides is 1. The lowest BCUT2D eigenvalue weighted by Crippen LogP contribution is -2.47. The van der Waals surface area contributed by atoms with E-state index in [-0.39, 0.29) is 11.3 Å². The fourth-order valence-corrected chi connectivity index (χ4v) is 6.14. The Morgan fingerprint density at radius 3 is 2.34 bits per heavy atom. The molecule has 1 aromatic rings. The van der Waals surface area contributed by atoms with E-state index in [4.69, 9.17) is 0 Å². The van der Waals surface area contributed by atoms with Crippen LogP contribution in [0.2, 0.25) is 0 Å². The number of nitrogens with zero attached hydrogens (tertiary/aromatic N) is 4. The van der Waals surface area contributed by atoms with Crippen LogP contribution in [0.15, 0.2) is 23.1 Å². The fourth-order valence-electron chi connectivity index (χ4n) is 4.69. The van der Waals surface area contributed by atoms with E-state index in [1.165, 1.54) is 0 Å². The number of hydrogen-bond acceptors (Lipinski definition) is 5. The van der Waals surface area contributed by atoms with Crippen LogP contribution in [0.3, 0.4) is 0 Å². The molecule has 1 amide bonds. The first-order valence-corrected chi connectivity index (χ1v) is 12.0. The van der Waals surface area contributed by atoms with E-state index >= 15 is 0 Å². The molecule has 3 heterocycles. The van der Waals surface area contributed by atoms with Crippen molar-refractivity contribution in [2.75, 3.05) is 64.3 Å². The van der Waals surface area contributed by atoms with Gasteiger partial charge in [-0.1, -0.05) is 13.8 Å². The zero-order valence-electron chi connectivity index (χ0n) is 17.7. The third kappa shape index (κ3) is 3.90. The first kappa shape index (κ1) is 20.6. The van der Waals surface area contributed by atoms with Crippen LogP contribution in [0, 0.1) is 0 Å². The van der Waals surface area contributed by atoms with Crippen molar-refractivity contribution in [3.05, 3.63) is 23.8 Å². The second-order valence-electron chi connectivity index (χ2n) is 9.21. The Labute approximate surface area is 174 Å². The highest BCUT2D eigenvalue weighted by atomic mass is 32.2. The monoisotopic (exact) mass is 420 g/mol. The summed E-state index contributed by atoms with van der Waals surface area (Å²) >= 11 is 0. The fraction of sp³-hybridized carbons (Fsp3) is 0.667. The Bertz CT molecular complexity index is 885. The van der Waals surface area contributed by atoms with Crippen molar-refractivity contribution in [2.45, 2.75) is 37.0 Å². The molecule has 7 nitrogen and oxygen atoms in total. The topological polar surface area (TPSA) is 64.2 Å². The summed E-state index contributed by atoms with van der Waals surface area (Å²) in [5, 5.41) is 0. The molecular formula is C21H32N4O3S. The average molecular weight is 421 g/mol. The third-order valence-electron chi connectivity index (χ3n) is 6.51. The number of rotatable bonds is 4. The van der Waals surface area contributed by atoms with Gasteiger partial charge in [0.2, 0.25) is 15.9 Å². The van der Waals surface area contributed by atoms with Gasteiger partial charge in [0, 0.05) is 56.9 Å². The number of amides is 1. The van der Waals surface area contributed by atoms with Crippen molar-refractivity contribution in [2.24, 2.45) is 0 Å². The van der Waals surface area contributed by atoms with E-state index in [0.717, 1.165) is 56.8 Å². The first-order chi connectivity index (χ1) is 13.7. The normalized spacial score (nSPS) is 22.9. The van der Waals surface area contributed by atoms with Gasteiger partial charge in [0.25, 0.3) is 0 Å². The van der Waals surface area contributed by atoms with Crippen LogP contribution < -0.4 is 4.90 Å². The Morgan fingerprint density at radius 1 is 1.03 bits per heavy atom. The molecule has 2 fully saturated rings. The zero-order valence-corrected chi connectivity index (χ0v) is 18.5. The molecule has 0 bridgehead atoms. The second-order valence-corrected chi connectivity index (χ2v) is 11.2. The SMILES string of the molecule is CN1CCN(S(=O)(=O)c2ccc3c(c2)C(C)(C)CN3CC(=O)N2CCCC2)CC1. The number of benzene rings is 1. The number of likely N-dealkylation sites (tertiary alicyclic amines) is 1. The second kappa shape index (κ2) is 7.56. The van der Waals surface area contributed by atoms with Crippen molar-refractivity contribution in [1.29, 1.82) is 0 Å². The molecule has 0 unspecified atom stereocenters. The number of piperazine rings is 1. The maximum Gasteiger partial charge on any atom is 0.243 e. The molecule has 0 radical (unpaired) electrons. The number of hydrogen-bond donors (Lipinski definition) is 0. The van der Waals surface area contributed by atoms with Gasteiger partial charge in [-0.05, 0) is 43.7 Å². The summed E-state index contributed by atoms with van der Waals surface area (Å²) in [5.41, 5.74) is 1.80. The van der Waals surface area contributed by atoms with Gasteiger partial charge < -0.3 is 14.7 Å². The van der Waals surface area contributed by atoms with Crippen molar-refractivity contribution >= 4 is 21.6 Å². The lowest BCUT2D eigenvalue weighted by atomic mass is 9.87. The molecule has 3 aliphatic rings. The van der Waals surface area contributed by atoms with Crippen molar-refractivity contribution in [1.82, 2.24) is 14.1 Å². The van der Waals surface area contributed by atoms with E-state index in [2.05, 4.69) is 23.6 Å². The van der Waals surface area contributed by atoms with Crippen LogP contribution in [0.25, 0.3) is 0 Å². The Hall–Kier alpha value is -1.64. The Kier molecular flexibility index (Phi) is 5.38. The molecule has 2 saturated heterocycles. The van der Waals surface area contributed by atoms with E-state index in [1.807, 2.05) is 24.1 Å². The Morgan fingerprint density at radius 2 is 1.69 bits per heavy atom. The summed E-state index contributed by atoms with van der Waals surface area (Å²) in [6.07, 6.45) is 2.17. The number of fused-ring (bicyclic) bond motifs is 1. The largest absolute Gasteiger partial charge is 0.361 e. The molecule has 3 aliphatic heterocycles. The molecule has 0 aromatic heterocycles. The summed E-state index contributed by atoms with van der Waals surface area (Å²) < 4.78 is 27.9. The van der Waals surface area contributed by atoms with Gasteiger partial charge in [-0.3, -0.25) is 4.79 Å². The molecule has 160 valence electrons. The van der Waals surface area contributed by atoms with Gasteiger partial charge in [-0.25, -0.2) is 8.42 Å². The highest BCUT2D eigenvalue weighted by Gasteiger charge is 2.38. The molecule has 0 spiro atoms. The van der Waals surface area contributed by atoms with Gasteiger partial charge >= 0.3 is 0 Å². The Balaban J connectivity index is 1.58. The van der Waals surface area contributed by atoms with E-state index in [9.17, 15) is 13.2 Å². The van der Waals surface area contributed by atoms with E-state index in [0.29, 0.717) is 24.5 Å². The summed E-state index contributed by atoms with van der Waals surface area (Å²) in [5.74, 6) is 0.167. The van der Waals surface area contributed by atoms with Gasteiger partial charge in [0.05, 0.1) is 11.4 Å². The molecule has 29 heavy (non-hydrogen) atoms. The molecule has 1 aromatic carbocycles. The lowest BCUT2D eigenvalue weighted by Gasteiger charge is -2.31. The third-order valence-corrected chi connectivity index (χ3v) is 8.40. The van der Waals surface area contributed by atoms with Crippen LogP contribution in [0.5, 0.6) is 0 Å². The van der Waals surface area contributed by atoms with Crippen LogP contribution in [0.1, 0.15) is 32.3 Å². The number of likely N-dealkylation sites (N-methyl/N-ethyl adjacent to an activating group) is 1. The summed E-state index contributed by atoms with van der Waals surface area (Å²) in [4.78, 5) is 19.2.